The van der Waals surface area contributed by atoms with Crippen molar-refractivity contribution in [1.29, 1.82) is 0 Å². The van der Waals surface area contributed by atoms with Crippen molar-refractivity contribution in [1.82, 2.24) is 19.9 Å². The first-order chi connectivity index (χ1) is 54.4. The molecule has 2 N–H and O–H groups in total. The number of aromatic nitrogens is 4. The summed E-state index contributed by atoms with van der Waals surface area (Å²) in [6.45, 7) is 0. The molecule has 4 heterocycles. The first kappa shape index (κ1) is 81.8. The molecule has 4 aromatic heterocycles. The molecule has 18 aromatic rings. The quantitative estimate of drug-likeness (QED) is 0.0640. The fourth-order valence-electron chi connectivity index (χ4n) is 11.7. The molecule has 0 aliphatic heterocycles. The second kappa shape index (κ2) is 45.2. The van der Waals surface area contributed by atoms with Gasteiger partial charge < -0.3 is 10.0 Å². The normalized spacial score (nSPS) is 10.4. The molecule has 0 saturated carbocycles. The van der Waals surface area contributed by atoms with Crippen LogP contribution in [0.3, 0.4) is 0 Å². The van der Waals surface area contributed by atoms with Gasteiger partial charge in [0.2, 0.25) is 0 Å². The molecule has 18 rings (SSSR count). The third kappa shape index (κ3) is 24.4. The summed E-state index contributed by atoms with van der Waals surface area (Å²) in [7, 11) is -3.13. The molecule has 0 aliphatic carbocycles. The average molecular weight is 1660 g/mol. The Labute approximate surface area is 683 Å². The molecule has 14 aromatic carbocycles. The van der Waals surface area contributed by atoms with Crippen LogP contribution in [0.25, 0.3) is 31.7 Å². The first-order valence-corrected chi connectivity index (χ1v) is 43.2. The van der Waals surface area contributed by atoms with Crippen LogP contribution < -0.4 is 69.1 Å². The zero-order valence-corrected chi connectivity index (χ0v) is 68.0. The van der Waals surface area contributed by atoms with Crippen LogP contribution in [-0.2, 0) is 20.4 Å². The van der Waals surface area contributed by atoms with E-state index in [0.29, 0.717) is 10.6 Å². The predicted molar refractivity (Wildman–Crippen MR) is 482 cm³/mol. The van der Waals surface area contributed by atoms with E-state index in [1.165, 1.54) is 70.0 Å². The van der Waals surface area contributed by atoms with Crippen molar-refractivity contribution in [2.45, 2.75) is 0 Å². The molecular formula is C96H78BClN4O2P4PdS2. The summed E-state index contributed by atoms with van der Waals surface area (Å²) in [6.07, 6.45) is 3.09. The molecule has 6 nitrogen and oxygen atoms in total. The van der Waals surface area contributed by atoms with Crippen molar-refractivity contribution in [2.75, 3.05) is 0 Å². The van der Waals surface area contributed by atoms with Crippen molar-refractivity contribution in [3.05, 3.63) is 465 Å². The Morgan fingerprint density at radius 3 is 0.649 bits per heavy atom. The summed E-state index contributed by atoms with van der Waals surface area (Å²) in [5.74, 6) is 0. The van der Waals surface area contributed by atoms with Crippen molar-refractivity contribution in [3.63, 3.8) is 0 Å². The van der Waals surface area contributed by atoms with Crippen LogP contribution in [0, 0.1) is 0 Å². The monoisotopic (exact) mass is 1660 g/mol. The molecular weight excluding hydrogens is 1580 g/mol. The van der Waals surface area contributed by atoms with Gasteiger partial charge in [-0.2, -0.15) is 0 Å². The van der Waals surface area contributed by atoms with Crippen LogP contribution in [0.2, 0.25) is 5.15 Å². The Bertz CT molecular complexity index is 4690. The Morgan fingerprint density at radius 1 is 0.234 bits per heavy atom. The SMILES string of the molecule is Clc1ncnc2ccsc12.OB(O)c1ccccc1.[Pd].c1ccc(-c2ncnc3ccsc23)cc1.c1ccc(P(c2ccccc2)c2ccccc2)cc1.c1ccc(P(c2ccccc2)c2ccccc2)cc1.c1ccc(P(c2ccccc2)c2ccccc2)cc1.c1ccc(P(c2ccccc2)c2ccccc2)cc1. The standard InChI is InChI=1S/4C18H15P.C12H8N2S.C6H7BO2.C6H3ClN2S.Pd/c4*1-4-10-16(11-5-1)19(17-12-6-2-7-13-17)18-14-8-3-9-15-18;1-2-4-9(5-3-1)11-12-10(6-7-15-12)13-8-14-11;8-7(9)6-4-2-1-3-5-6;7-6-5-4(1-2-10-5)8-3-9-6;/h4*1-15H;1-8H;1-5,8-9H;1-3H;. The molecule has 546 valence electrons. The Balaban J connectivity index is 0.000000130. The Kier molecular flexibility index (Phi) is 33.3. The van der Waals surface area contributed by atoms with E-state index >= 15 is 0 Å². The molecule has 0 aliphatic rings. The number of nitrogens with zero attached hydrogens (tertiary/aromatic N) is 4. The van der Waals surface area contributed by atoms with E-state index in [1.54, 1.807) is 53.3 Å². The second-order valence-electron chi connectivity index (χ2n) is 24.2. The maximum Gasteiger partial charge on any atom is 0.488 e. The molecule has 0 radical (unpaired) electrons. The molecule has 111 heavy (non-hydrogen) atoms. The maximum atomic E-state index is 8.58. The van der Waals surface area contributed by atoms with Gasteiger partial charge in [0, 0.05) is 26.0 Å². The summed E-state index contributed by atoms with van der Waals surface area (Å²) in [5, 5.41) is 38.5. The van der Waals surface area contributed by atoms with Gasteiger partial charge in [0.15, 0.2) is 0 Å². The van der Waals surface area contributed by atoms with E-state index in [0.717, 1.165) is 31.7 Å². The van der Waals surface area contributed by atoms with E-state index in [2.05, 4.69) is 396 Å². The topological polar surface area (TPSA) is 92.0 Å². The van der Waals surface area contributed by atoms with Crippen molar-refractivity contribution in [3.8, 4) is 11.3 Å². The van der Waals surface area contributed by atoms with Gasteiger partial charge in [0.1, 0.15) is 17.8 Å². The van der Waals surface area contributed by atoms with Gasteiger partial charge in [0.05, 0.1) is 26.1 Å². The van der Waals surface area contributed by atoms with Crippen molar-refractivity contribution < 1.29 is 30.5 Å². The van der Waals surface area contributed by atoms with Gasteiger partial charge in [-0.1, -0.05) is 436 Å². The number of fused-ring (bicyclic) bond motifs is 2. The molecule has 0 unspecified atom stereocenters. The van der Waals surface area contributed by atoms with Crippen LogP contribution in [-0.4, -0.2) is 37.1 Å². The van der Waals surface area contributed by atoms with Crippen LogP contribution in [0.4, 0.5) is 0 Å². The van der Waals surface area contributed by atoms with Crippen LogP contribution >= 0.6 is 66.0 Å². The van der Waals surface area contributed by atoms with Gasteiger partial charge >= 0.3 is 7.12 Å². The van der Waals surface area contributed by atoms with Gasteiger partial charge in [-0.3, -0.25) is 0 Å². The Morgan fingerprint density at radius 2 is 0.432 bits per heavy atom. The van der Waals surface area contributed by atoms with E-state index in [1.807, 2.05) is 47.2 Å². The number of halogens is 1. The smallest absolute Gasteiger partial charge is 0.423 e. The summed E-state index contributed by atoms with van der Waals surface area (Å²) < 4.78 is 2.12. The van der Waals surface area contributed by atoms with E-state index in [-0.39, 0.29) is 20.4 Å². The summed E-state index contributed by atoms with van der Waals surface area (Å²) >= 11 is 9.00. The van der Waals surface area contributed by atoms with E-state index < -0.39 is 38.8 Å². The second-order valence-corrected chi connectivity index (χ2v) is 35.2. The minimum atomic E-state index is -1.34. The number of thiophene rings is 2. The van der Waals surface area contributed by atoms with Gasteiger partial charge in [0.25, 0.3) is 0 Å². The minimum absolute atomic E-state index is 0. The predicted octanol–water partition coefficient (Wildman–Crippen LogP) is 18.8. The zero-order chi connectivity index (χ0) is 75.4. The van der Waals surface area contributed by atoms with Crippen LogP contribution in [0.5, 0.6) is 0 Å². The van der Waals surface area contributed by atoms with Gasteiger partial charge in [-0.15, -0.1) is 22.7 Å². The molecule has 15 heteroatoms. The minimum Gasteiger partial charge on any atom is -0.423 e. The number of rotatable bonds is 14. The zero-order valence-electron chi connectivity index (χ0n) is 60.4. The first-order valence-electron chi connectivity index (χ1n) is 35.7. The summed E-state index contributed by atoms with van der Waals surface area (Å²) in [5.41, 5.74) is 4.64. The maximum absolute atomic E-state index is 8.58. The van der Waals surface area contributed by atoms with Crippen LogP contribution in [0.1, 0.15) is 0 Å². The van der Waals surface area contributed by atoms with E-state index in [4.69, 9.17) is 21.6 Å². The van der Waals surface area contributed by atoms with Crippen molar-refractivity contribution in [2.24, 2.45) is 0 Å². The average Bonchev–Trinajstić information content (AvgIpc) is 1.80. The third-order valence-corrected chi connectivity index (χ3v) is 28.8. The molecule has 0 saturated heterocycles. The number of hydrogen-bond acceptors (Lipinski definition) is 8. The molecule has 0 fully saturated rings. The summed E-state index contributed by atoms with van der Waals surface area (Å²) in [4.78, 5) is 16.4. The van der Waals surface area contributed by atoms with Crippen LogP contribution in [0.15, 0.2) is 460 Å². The van der Waals surface area contributed by atoms with E-state index in [9.17, 15) is 0 Å². The molecule has 0 bridgehead atoms. The number of benzene rings is 14. The van der Waals surface area contributed by atoms with Gasteiger partial charge in [-0.25, -0.2) is 19.9 Å². The largest absolute Gasteiger partial charge is 0.488 e. The number of hydrogen-bond donors (Lipinski definition) is 2. The fraction of sp³-hybridized carbons (Fsp3) is 0. The molecule has 0 spiro atoms. The third-order valence-electron chi connectivity index (χ3n) is 16.8. The molecule has 0 amide bonds. The van der Waals surface area contributed by atoms with Gasteiger partial charge in [-0.05, 0) is 124 Å². The van der Waals surface area contributed by atoms with Crippen molar-refractivity contribution >= 4 is 163 Å². The fourth-order valence-corrected chi connectivity index (χ4v) is 22.8. The summed E-state index contributed by atoms with van der Waals surface area (Å²) in [6, 6.07) is 152. The molecule has 0 atom stereocenters. The Hall–Kier alpha value is -10.2.